The van der Waals surface area contributed by atoms with Gasteiger partial charge in [-0.15, -0.1) is 0 Å². The van der Waals surface area contributed by atoms with E-state index in [1.54, 1.807) is 27.7 Å². The van der Waals surface area contributed by atoms with Crippen molar-refractivity contribution in [2.75, 3.05) is 13.1 Å². The third-order valence-electron chi connectivity index (χ3n) is 3.51. The Hall–Kier alpha value is -1.30. The highest BCUT2D eigenvalue weighted by atomic mass is 16.6. The Morgan fingerprint density at radius 1 is 1.30 bits per heavy atom. The van der Waals surface area contributed by atoms with Gasteiger partial charge in [-0.3, -0.25) is 4.79 Å². The van der Waals surface area contributed by atoms with Crippen LogP contribution in [0.5, 0.6) is 0 Å². The molecule has 6 nitrogen and oxygen atoms in total. The molecule has 2 N–H and O–H groups in total. The first-order chi connectivity index (χ1) is 9.06. The highest BCUT2D eigenvalue weighted by molar-refractivity contribution is 5.75. The summed E-state index contributed by atoms with van der Waals surface area (Å²) in [5, 5.41) is 18.9. The second-order valence-corrected chi connectivity index (χ2v) is 6.61. The predicted octanol–water partition coefficient (Wildman–Crippen LogP) is 1.86. The maximum atomic E-state index is 11.9. The van der Waals surface area contributed by atoms with Gasteiger partial charge in [0.05, 0.1) is 11.5 Å². The molecule has 0 spiro atoms. The van der Waals surface area contributed by atoms with Gasteiger partial charge in [0.2, 0.25) is 0 Å². The summed E-state index contributed by atoms with van der Waals surface area (Å²) in [5.41, 5.74) is -1.50. The quantitative estimate of drug-likeness (QED) is 0.827. The Morgan fingerprint density at radius 3 is 2.15 bits per heavy atom. The maximum Gasteiger partial charge on any atom is 0.410 e. The normalized spacial score (nSPS) is 20.4. The fraction of sp³-hybridized carbons (Fsp3) is 0.857. The summed E-state index contributed by atoms with van der Waals surface area (Å²) in [6.07, 6.45) is -0.184. The minimum Gasteiger partial charge on any atom is -0.481 e. The smallest absolute Gasteiger partial charge is 0.410 e. The van der Waals surface area contributed by atoms with Gasteiger partial charge in [-0.25, -0.2) is 4.79 Å². The van der Waals surface area contributed by atoms with E-state index in [1.165, 1.54) is 4.90 Å². The number of carboxylic acids is 1. The molecular formula is C14H25NO5. The van der Waals surface area contributed by atoms with Gasteiger partial charge in [-0.05, 0) is 47.0 Å². The van der Waals surface area contributed by atoms with Crippen LogP contribution in [0.2, 0.25) is 0 Å². The van der Waals surface area contributed by atoms with Crippen LogP contribution in [0.3, 0.4) is 0 Å². The van der Waals surface area contributed by atoms with Crippen LogP contribution in [0, 0.1) is 5.41 Å². The molecule has 6 heteroatoms. The van der Waals surface area contributed by atoms with Crippen molar-refractivity contribution in [2.45, 2.75) is 58.7 Å². The molecule has 1 unspecified atom stereocenters. The third-order valence-corrected chi connectivity index (χ3v) is 3.51. The lowest BCUT2D eigenvalue weighted by Crippen LogP contribution is -2.48. The van der Waals surface area contributed by atoms with Crippen molar-refractivity contribution in [2.24, 2.45) is 5.41 Å². The molecule has 0 aliphatic carbocycles. The van der Waals surface area contributed by atoms with E-state index in [9.17, 15) is 19.8 Å². The van der Waals surface area contributed by atoms with Gasteiger partial charge in [-0.2, -0.15) is 0 Å². The second kappa shape index (κ2) is 5.99. The number of aliphatic hydroxyl groups is 1. The van der Waals surface area contributed by atoms with Crippen LogP contribution in [0.15, 0.2) is 0 Å². The van der Waals surface area contributed by atoms with Crippen molar-refractivity contribution in [3.8, 4) is 0 Å². The van der Waals surface area contributed by atoms with E-state index < -0.39 is 29.2 Å². The molecule has 0 aromatic heterocycles. The predicted molar refractivity (Wildman–Crippen MR) is 73.4 cm³/mol. The van der Waals surface area contributed by atoms with E-state index >= 15 is 0 Å². The summed E-state index contributed by atoms with van der Waals surface area (Å²) in [7, 11) is 0. The monoisotopic (exact) mass is 287 g/mol. The van der Waals surface area contributed by atoms with Gasteiger partial charge in [0.15, 0.2) is 0 Å². The van der Waals surface area contributed by atoms with Crippen molar-refractivity contribution >= 4 is 12.1 Å². The second-order valence-electron chi connectivity index (χ2n) is 6.61. The van der Waals surface area contributed by atoms with E-state index in [0.29, 0.717) is 25.9 Å². The number of ether oxygens (including phenoxy) is 1. The van der Waals surface area contributed by atoms with Crippen molar-refractivity contribution in [3.63, 3.8) is 0 Å². The molecular weight excluding hydrogens is 262 g/mol. The van der Waals surface area contributed by atoms with Gasteiger partial charge >= 0.3 is 12.1 Å². The van der Waals surface area contributed by atoms with Crippen molar-refractivity contribution in [1.82, 2.24) is 4.90 Å². The summed E-state index contributed by atoms with van der Waals surface area (Å²) in [6, 6.07) is 0. The zero-order valence-electron chi connectivity index (χ0n) is 12.7. The summed E-state index contributed by atoms with van der Waals surface area (Å²) in [4.78, 5) is 24.9. The number of aliphatic carboxylic acids is 1. The van der Waals surface area contributed by atoms with E-state index in [1.807, 2.05) is 0 Å². The van der Waals surface area contributed by atoms with Gasteiger partial charge in [-0.1, -0.05) is 0 Å². The first-order valence-corrected chi connectivity index (χ1v) is 6.95. The largest absolute Gasteiger partial charge is 0.481 e. The van der Waals surface area contributed by atoms with E-state index in [-0.39, 0.29) is 6.42 Å². The number of rotatable bonds is 3. The topological polar surface area (TPSA) is 87.1 Å². The molecule has 0 saturated carbocycles. The van der Waals surface area contributed by atoms with E-state index in [2.05, 4.69) is 0 Å². The molecule has 1 fully saturated rings. The van der Waals surface area contributed by atoms with Crippen molar-refractivity contribution in [3.05, 3.63) is 0 Å². The van der Waals surface area contributed by atoms with Crippen LogP contribution in [-0.2, 0) is 9.53 Å². The number of likely N-dealkylation sites (tertiary alicyclic amines) is 1. The summed E-state index contributed by atoms with van der Waals surface area (Å²) >= 11 is 0. The molecule has 1 atom stereocenters. The first-order valence-electron chi connectivity index (χ1n) is 6.95. The Bertz CT molecular complexity index is 364. The minimum absolute atomic E-state index is 0.213. The first kappa shape index (κ1) is 16.8. The fourth-order valence-electron chi connectivity index (χ4n) is 2.51. The zero-order valence-corrected chi connectivity index (χ0v) is 12.7. The number of hydrogen-bond donors (Lipinski definition) is 2. The molecule has 116 valence electrons. The number of nitrogens with zero attached hydrogens (tertiary/aromatic N) is 1. The van der Waals surface area contributed by atoms with Crippen LogP contribution in [0.4, 0.5) is 4.79 Å². The molecule has 0 aromatic rings. The average molecular weight is 287 g/mol. The van der Waals surface area contributed by atoms with Crippen LogP contribution in [-0.4, -0.2) is 52.0 Å². The Morgan fingerprint density at radius 2 is 1.80 bits per heavy atom. The number of piperidine rings is 1. The van der Waals surface area contributed by atoms with E-state index in [4.69, 9.17) is 4.74 Å². The van der Waals surface area contributed by atoms with Crippen molar-refractivity contribution in [1.29, 1.82) is 0 Å². The highest BCUT2D eigenvalue weighted by Gasteiger charge is 2.43. The number of carbonyl (C=O) groups is 2. The molecule has 1 amide bonds. The molecule has 20 heavy (non-hydrogen) atoms. The molecule has 1 aliphatic heterocycles. The van der Waals surface area contributed by atoms with Gasteiger partial charge in [0.1, 0.15) is 5.60 Å². The van der Waals surface area contributed by atoms with Gasteiger partial charge in [0.25, 0.3) is 0 Å². The molecule has 1 saturated heterocycles. The number of amides is 1. The summed E-state index contributed by atoms with van der Waals surface area (Å²) in [6.45, 7) is 7.66. The molecule has 1 aliphatic rings. The minimum atomic E-state index is -0.938. The highest BCUT2D eigenvalue weighted by Crippen LogP contribution is 2.36. The number of aliphatic hydroxyl groups excluding tert-OH is 1. The lowest BCUT2D eigenvalue weighted by atomic mass is 9.74. The molecule has 0 aromatic carbocycles. The van der Waals surface area contributed by atoms with Crippen molar-refractivity contribution < 1.29 is 24.5 Å². The standard InChI is InChI=1S/C14H25NO5/c1-10(16)9-14(11(17)18)5-7-15(8-6-14)12(19)20-13(2,3)4/h10,16H,5-9H2,1-4H3,(H,17,18). The maximum absolute atomic E-state index is 11.9. The van der Waals surface area contributed by atoms with Crippen LogP contribution in [0.25, 0.3) is 0 Å². The summed E-state index contributed by atoms with van der Waals surface area (Å²) in [5.74, 6) is -0.901. The molecule has 0 bridgehead atoms. The van der Waals surface area contributed by atoms with Crippen LogP contribution in [0.1, 0.15) is 47.0 Å². The van der Waals surface area contributed by atoms with E-state index in [0.717, 1.165) is 0 Å². The molecule has 1 rings (SSSR count). The Kier molecular flexibility index (Phi) is 5.02. The van der Waals surface area contributed by atoms with Gasteiger partial charge < -0.3 is 19.8 Å². The third kappa shape index (κ3) is 4.37. The number of hydrogen-bond acceptors (Lipinski definition) is 4. The lowest BCUT2D eigenvalue weighted by Gasteiger charge is -2.39. The fourth-order valence-corrected chi connectivity index (χ4v) is 2.51. The molecule has 1 heterocycles. The van der Waals surface area contributed by atoms with Crippen LogP contribution >= 0.6 is 0 Å². The lowest BCUT2D eigenvalue weighted by molar-refractivity contribution is -0.154. The number of carbonyl (C=O) groups excluding carboxylic acids is 1. The molecule has 0 radical (unpaired) electrons. The zero-order chi connectivity index (χ0) is 15.6. The number of carboxylic acid groups (broad SMARTS) is 1. The Labute approximate surface area is 119 Å². The average Bonchev–Trinajstić information content (AvgIpc) is 2.26. The van der Waals surface area contributed by atoms with Gasteiger partial charge in [0, 0.05) is 13.1 Å². The Balaban J connectivity index is 2.65. The summed E-state index contributed by atoms with van der Waals surface area (Å²) < 4.78 is 5.28. The van der Waals surface area contributed by atoms with Crippen LogP contribution < -0.4 is 0 Å². The SMILES string of the molecule is CC(O)CC1(C(=O)O)CCN(C(=O)OC(C)(C)C)CC1.